The topological polar surface area (TPSA) is 71.3 Å². The maximum absolute atomic E-state index is 12.2. The van der Waals surface area contributed by atoms with Crippen LogP contribution >= 0.6 is 0 Å². The number of piperidine rings is 1. The third kappa shape index (κ3) is 1.79. The van der Waals surface area contributed by atoms with Gasteiger partial charge in [0.15, 0.2) is 0 Å². The summed E-state index contributed by atoms with van der Waals surface area (Å²) >= 11 is 0. The molecule has 4 rings (SSSR count). The van der Waals surface area contributed by atoms with E-state index in [0.29, 0.717) is 17.7 Å². The number of imidazole rings is 1. The van der Waals surface area contributed by atoms with Gasteiger partial charge >= 0.3 is 0 Å². The highest BCUT2D eigenvalue weighted by Crippen LogP contribution is 2.31. The van der Waals surface area contributed by atoms with Crippen LogP contribution in [-0.4, -0.2) is 38.9 Å². The molecule has 6 nitrogen and oxygen atoms in total. The first-order chi connectivity index (χ1) is 9.29. The molecule has 0 radical (unpaired) electrons. The van der Waals surface area contributed by atoms with E-state index in [1.54, 1.807) is 23.0 Å². The number of hydrogen-bond donors (Lipinski definition) is 2. The molecule has 0 aromatic carbocycles. The fourth-order valence-corrected chi connectivity index (χ4v) is 3.20. The van der Waals surface area contributed by atoms with E-state index in [2.05, 4.69) is 20.6 Å². The van der Waals surface area contributed by atoms with Gasteiger partial charge in [0.2, 0.25) is 0 Å². The van der Waals surface area contributed by atoms with Gasteiger partial charge in [-0.25, -0.2) is 9.97 Å². The average Bonchev–Trinajstić information content (AvgIpc) is 3.13. The molecule has 0 spiro atoms. The van der Waals surface area contributed by atoms with Crippen molar-refractivity contribution in [2.75, 3.05) is 6.54 Å². The molecule has 2 aromatic rings. The molecule has 2 aromatic heterocycles. The van der Waals surface area contributed by atoms with Crippen LogP contribution < -0.4 is 10.6 Å². The van der Waals surface area contributed by atoms with Crippen LogP contribution in [0.25, 0.3) is 5.65 Å². The van der Waals surface area contributed by atoms with E-state index in [9.17, 15) is 4.79 Å². The fraction of sp³-hybridized carbons (Fsp3) is 0.462. The van der Waals surface area contributed by atoms with E-state index in [-0.39, 0.29) is 11.9 Å². The summed E-state index contributed by atoms with van der Waals surface area (Å²) in [5.74, 6) is 0.479. The number of hydrogen-bond acceptors (Lipinski definition) is 4. The zero-order chi connectivity index (χ0) is 12.8. The lowest BCUT2D eigenvalue weighted by molar-refractivity contribution is 0.0920. The Kier molecular flexibility index (Phi) is 2.32. The number of aromatic nitrogens is 3. The number of carbonyl (C=O) groups is 1. The Balaban J connectivity index is 1.53. The largest absolute Gasteiger partial charge is 0.348 e. The van der Waals surface area contributed by atoms with Crippen LogP contribution in [0.5, 0.6) is 0 Å². The summed E-state index contributed by atoms with van der Waals surface area (Å²) < 4.78 is 1.79. The Hall–Kier alpha value is -1.95. The van der Waals surface area contributed by atoms with Crippen LogP contribution in [0.15, 0.2) is 24.8 Å². The quantitative estimate of drug-likeness (QED) is 0.807. The van der Waals surface area contributed by atoms with Crippen molar-refractivity contribution in [1.82, 2.24) is 25.0 Å². The molecule has 3 atom stereocenters. The predicted octanol–water partition coefficient (Wildman–Crippen LogP) is 0.209. The minimum absolute atomic E-state index is 0.0944. The van der Waals surface area contributed by atoms with E-state index >= 15 is 0 Å². The van der Waals surface area contributed by atoms with Gasteiger partial charge in [-0.2, -0.15) is 0 Å². The second-order valence-corrected chi connectivity index (χ2v) is 5.38. The Labute approximate surface area is 110 Å². The molecule has 3 heterocycles. The van der Waals surface area contributed by atoms with Crippen molar-refractivity contribution in [2.45, 2.75) is 24.9 Å². The summed E-state index contributed by atoms with van der Waals surface area (Å²) in [4.78, 5) is 20.6. The first kappa shape index (κ1) is 10.9. The molecule has 1 saturated carbocycles. The highest BCUT2D eigenvalue weighted by molar-refractivity contribution is 5.93. The van der Waals surface area contributed by atoms with Crippen molar-refractivity contribution in [3.63, 3.8) is 0 Å². The summed E-state index contributed by atoms with van der Waals surface area (Å²) in [5, 5.41) is 6.54. The van der Waals surface area contributed by atoms with Gasteiger partial charge in [0.25, 0.3) is 5.91 Å². The number of nitrogens with one attached hydrogen (secondary N) is 2. The molecule has 2 aliphatic rings. The molecule has 2 N–H and O–H groups in total. The van der Waals surface area contributed by atoms with Gasteiger partial charge in [0, 0.05) is 37.1 Å². The number of rotatable bonds is 2. The molecule has 0 unspecified atom stereocenters. The van der Waals surface area contributed by atoms with Crippen molar-refractivity contribution < 1.29 is 4.79 Å². The summed E-state index contributed by atoms with van der Waals surface area (Å²) in [7, 11) is 0. The Morgan fingerprint density at radius 3 is 3.16 bits per heavy atom. The maximum atomic E-state index is 12.2. The van der Waals surface area contributed by atoms with Crippen LogP contribution in [-0.2, 0) is 0 Å². The Morgan fingerprint density at radius 1 is 1.42 bits per heavy atom. The minimum Gasteiger partial charge on any atom is -0.348 e. The van der Waals surface area contributed by atoms with Crippen molar-refractivity contribution in [2.24, 2.45) is 5.92 Å². The molecule has 1 amide bonds. The fourth-order valence-electron chi connectivity index (χ4n) is 3.20. The van der Waals surface area contributed by atoms with E-state index in [0.717, 1.165) is 18.6 Å². The highest BCUT2D eigenvalue weighted by atomic mass is 16.1. The SMILES string of the molecule is O=C(N[C@@H]1C[C@H]2C[C@H]1CN2)c1cc2nccn2cn1. The van der Waals surface area contributed by atoms with E-state index in [1.807, 2.05) is 6.20 Å². The van der Waals surface area contributed by atoms with Crippen molar-refractivity contribution >= 4 is 11.6 Å². The molecule has 1 saturated heterocycles. The second kappa shape index (κ2) is 4.03. The number of nitrogens with zero attached hydrogens (tertiary/aromatic N) is 3. The molecule has 98 valence electrons. The molecule has 6 heteroatoms. The van der Waals surface area contributed by atoms with Gasteiger partial charge < -0.3 is 10.6 Å². The highest BCUT2D eigenvalue weighted by Gasteiger charge is 2.40. The monoisotopic (exact) mass is 257 g/mol. The maximum Gasteiger partial charge on any atom is 0.270 e. The first-order valence-electron chi connectivity index (χ1n) is 6.62. The van der Waals surface area contributed by atoms with Crippen LogP contribution in [0.4, 0.5) is 0 Å². The molecule has 2 fully saturated rings. The lowest BCUT2D eigenvalue weighted by Gasteiger charge is -2.23. The zero-order valence-corrected chi connectivity index (χ0v) is 10.4. The minimum atomic E-state index is -0.0944. The summed E-state index contributed by atoms with van der Waals surface area (Å²) in [6.07, 6.45) is 7.34. The number of carbonyl (C=O) groups excluding carboxylic acids is 1. The van der Waals surface area contributed by atoms with Crippen LogP contribution in [0, 0.1) is 5.92 Å². The molecule has 19 heavy (non-hydrogen) atoms. The third-order valence-electron chi connectivity index (χ3n) is 4.20. The summed E-state index contributed by atoms with van der Waals surface area (Å²) in [5.41, 5.74) is 1.18. The normalized spacial score (nSPS) is 28.9. The van der Waals surface area contributed by atoms with E-state index < -0.39 is 0 Å². The van der Waals surface area contributed by atoms with Crippen molar-refractivity contribution in [3.8, 4) is 0 Å². The average molecular weight is 257 g/mol. The molecule has 2 bridgehead atoms. The second-order valence-electron chi connectivity index (χ2n) is 5.38. The lowest BCUT2D eigenvalue weighted by Crippen LogP contribution is -2.44. The number of amides is 1. The Morgan fingerprint density at radius 2 is 2.37 bits per heavy atom. The first-order valence-corrected chi connectivity index (χ1v) is 6.62. The Bertz CT molecular complexity index is 637. The van der Waals surface area contributed by atoms with E-state index in [4.69, 9.17) is 0 Å². The van der Waals surface area contributed by atoms with Crippen LogP contribution in [0.2, 0.25) is 0 Å². The summed E-state index contributed by atoms with van der Waals surface area (Å²) in [6, 6.07) is 2.59. The smallest absolute Gasteiger partial charge is 0.270 e. The molecular weight excluding hydrogens is 242 g/mol. The van der Waals surface area contributed by atoms with Crippen molar-refractivity contribution in [3.05, 3.63) is 30.5 Å². The van der Waals surface area contributed by atoms with Crippen molar-refractivity contribution in [1.29, 1.82) is 0 Å². The van der Waals surface area contributed by atoms with Gasteiger partial charge in [-0.3, -0.25) is 9.20 Å². The third-order valence-corrected chi connectivity index (χ3v) is 4.20. The zero-order valence-electron chi connectivity index (χ0n) is 10.4. The predicted molar refractivity (Wildman–Crippen MR) is 68.8 cm³/mol. The molecular formula is C13H15N5O. The molecule has 1 aliphatic heterocycles. The van der Waals surface area contributed by atoms with Gasteiger partial charge in [-0.05, 0) is 18.8 Å². The standard InChI is InChI=1S/C13H15N5O/c19-13(17-10-4-9-3-8(10)6-15-9)11-5-12-14-1-2-18(12)7-16-11/h1-2,5,7-10,15H,3-4,6H2,(H,17,19)/t8-,9+,10+/m0/s1. The van der Waals surface area contributed by atoms with Gasteiger partial charge in [-0.15, -0.1) is 0 Å². The van der Waals surface area contributed by atoms with Crippen LogP contribution in [0.3, 0.4) is 0 Å². The van der Waals surface area contributed by atoms with Gasteiger partial charge in [0.05, 0.1) is 0 Å². The lowest BCUT2D eigenvalue weighted by atomic mass is 10.0. The van der Waals surface area contributed by atoms with Gasteiger partial charge in [-0.1, -0.05) is 0 Å². The summed E-state index contributed by atoms with van der Waals surface area (Å²) in [6.45, 7) is 1.02. The molecule has 1 aliphatic carbocycles. The van der Waals surface area contributed by atoms with E-state index in [1.165, 1.54) is 6.42 Å². The van der Waals surface area contributed by atoms with Gasteiger partial charge in [0.1, 0.15) is 17.7 Å². The number of fused-ring (bicyclic) bond motifs is 3. The van der Waals surface area contributed by atoms with Crippen LogP contribution in [0.1, 0.15) is 23.3 Å².